The number of ether oxygens (including phenoxy) is 1. The Hall–Kier alpha value is -1.92. The third kappa shape index (κ3) is 3.56. The van der Waals surface area contributed by atoms with Crippen molar-refractivity contribution in [2.75, 3.05) is 25.5 Å². The number of amides is 1. The Morgan fingerprint density at radius 3 is 2.56 bits per heavy atom. The van der Waals surface area contributed by atoms with Gasteiger partial charge in [0.05, 0.1) is 18.2 Å². The first-order valence-electron chi connectivity index (χ1n) is 12.2. The topological polar surface area (TPSA) is 54.5 Å². The van der Waals surface area contributed by atoms with Gasteiger partial charge < -0.3 is 10.1 Å². The van der Waals surface area contributed by atoms with Crippen LogP contribution in [-0.2, 0) is 16.8 Å². The van der Waals surface area contributed by atoms with E-state index in [4.69, 9.17) is 9.72 Å². The molecule has 0 radical (unpaired) electrons. The van der Waals surface area contributed by atoms with Crippen molar-refractivity contribution < 1.29 is 9.53 Å². The number of likely N-dealkylation sites (tertiary alicyclic amines) is 1. The van der Waals surface area contributed by atoms with E-state index in [1.54, 1.807) is 18.4 Å². The molecule has 5 aliphatic rings. The van der Waals surface area contributed by atoms with Gasteiger partial charge in [0, 0.05) is 11.9 Å². The Labute approximate surface area is 194 Å². The number of rotatable bonds is 6. The number of benzene rings is 1. The highest BCUT2D eigenvalue weighted by Gasteiger charge is 2.61. The highest BCUT2D eigenvalue weighted by Crippen LogP contribution is 2.66. The van der Waals surface area contributed by atoms with Crippen molar-refractivity contribution in [3.05, 3.63) is 40.9 Å². The number of thiazole rings is 1. The summed E-state index contributed by atoms with van der Waals surface area (Å²) < 4.78 is 5.38. The zero-order chi connectivity index (χ0) is 21.8. The summed E-state index contributed by atoms with van der Waals surface area (Å²) in [7, 11) is 1.72. The SMILES string of the molecule is COc1ccc(C23C[C@H]4C[C@@H](CC(C(=O)Nc5nc(CN6CCCC6)cs5)(C4)C2)C3)cc1. The van der Waals surface area contributed by atoms with E-state index in [9.17, 15) is 4.79 Å². The molecule has 1 aromatic carbocycles. The van der Waals surface area contributed by atoms with Crippen LogP contribution in [0.15, 0.2) is 29.6 Å². The van der Waals surface area contributed by atoms with Crippen molar-refractivity contribution in [3.8, 4) is 5.75 Å². The minimum absolute atomic E-state index is 0.136. The van der Waals surface area contributed by atoms with Gasteiger partial charge in [0.2, 0.25) is 5.91 Å². The lowest BCUT2D eigenvalue weighted by Gasteiger charge is -2.61. The summed E-state index contributed by atoms with van der Waals surface area (Å²) in [4.78, 5) is 20.9. The lowest BCUT2D eigenvalue weighted by atomic mass is 9.42. The summed E-state index contributed by atoms with van der Waals surface area (Å²) in [6, 6.07) is 8.64. The van der Waals surface area contributed by atoms with Gasteiger partial charge in [-0.2, -0.15) is 0 Å². The van der Waals surface area contributed by atoms with Crippen molar-refractivity contribution in [3.63, 3.8) is 0 Å². The predicted molar refractivity (Wildman–Crippen MR) is 127 cm³/mol. The normalized spacial score (nSPS) is 33.5. The molecule has 32 heavy (non-hydrogen) atoms. The number of methoxy groups -OCH3 is 1. The average Bonchev–Trinajstić information content (AvgIpc) is 3.45. The largest absolute Gasteiger partial charge is 0.497 e. The minimum atomic E-state index is -0.245. The molecule has 1 N–H and O–H groups in total. The van der Waals surface area contributed by atoms with Crippen molar-refractivity contribution in [1.29, 1.82) is 0 Å². The summed E-state index contributed by atoms with van der Waals surface area (Å²) in [5.74, 6) is 2.43. The van der Waals surface area contributed by atoms with Crippen LogP contribution in [0.2, 0.25) is 0 Å². The van der Waals surface area contributed by atoms with Crippen molar-refractivity contribution in [1.82, 2.24) is 9.88 Å². The maximum absolute atomic E-state index is 13.7. The first kappa shape index (κ1) is 20.7. The van der Waals surface area contributed by atoms with Crippen LogP contribution in [0.1, 0.15) is 62.6 Å². The van der Waals surface area contributed by atoms with Crippen LogP contribution in [0.5, 0.6) is 5.75 Å². The molecule has 4 bridgehead atoms. The molecule has 5 fully saturated rings. The molecule has 170 valence electrons. The number of anilines is 1. The summed E-state index contributed by atoms with van der Waals surface area (Å²) in [5.41, 5.74) is 2.38. The molecule has 0 unspecified atom stereocenters. The van der Waals surface area contributed by atoms with Gasteiger partial charge in [0.1, 0.15) is 5.75 Å². The molecule has 2 aromatic rings. The van der Waals surface area contributed by atoms with Gasteiger partial charge in [0.15, 0.2) is 5.13 Å². The number of carbonyl (C=O) groups is 1. The van der Waals surface area contributed by atoms with Crippen molar-refractivity contribution in [2.24, 2.45) is 17.3 Å². The molecule has 4 saturated carbocycles. The molecule has 2 heterocycles. The van der Waals surface area contributed by atoms with Crippen molar-refractivity contribution in [2.45, 2.75) is 63.3 Å². The van der Waals surface area contributed by atoms with Crippen LogP contribution in [0.4, 0.5) is 5.13 Å². The Bertz CT molecular complexity index is 981. The first-order chi connectivity index (χ1) is 15.6. The second kappa shape index (κ2) is 7.84. The summed E-state index contributed by atoms with van der Waals surface area (Å²) in [5, 5.41) is 6.15. The van der Waals surface area contributed by atoms with Gasteiger partial charge in [0.25, 0.3) is 0 Å². The lowest BCUT2D eigenvalue weighted by Crippen LogP contribution is -2.57. The standard InChI is InChI=1S/C26H33N3O2S/c1-31-22-6-4-20(5-7-22)25-11-18-10-19(12-25)14-26(13-18,17-25)23(30)28-24-27-21(16-32-24)15-29-8-2-3-9-29/h4-7,16,18-19H,2-3,8-15,17H2,1H3,(H,27,28,30)/t18-,19-,25?,26?/m1/s1. The van der Waals surface area contributed by atoms with Crippen LogP contribution in [-0.4, -0.2) is 36.0 Å². The van der Waals surface area contributed by atoms with Crippen LogP contribution >= 0.6 is 11.3 Å². The van der Waals surface area contributed by atoms with Crippen LogP contribution in [0.3, 0.4) is 0 Å². The fourth-order valence-corrected chi connectivity index (χ4v) is 8.34. The molecule has 7 rings (SSSR count). The molecule has 6 heteroatoms. The maximum atomic E-state index is 13.7. The fraction of sp³-hybridized carbons (Fsp3) is 0.615. The quantitative estimate of drug-likeness (QED) is 0.654. The second-order valence-electron chi connectivity index (χ2n) is 10.8. The number of hydrogen-bond donors (Lipinski definition) is 1. The van der Waals surface area contributed by atoms with Gasteiger partial charge in [-0.3, -0.25) is 9.69 Å². The predicted octanol–water partition coefficient (Wildman–Crippen LogP) is 5.22. The van der Waals surface area contributed by atoms with E-state index in [0.717, 1.165) is 42.4 Å². The molecule has 4 aliphatic carbocycles. The van der Waals surface area contributed by atoms with Crippen LogP contribution < -0.4 is 10.1 Å². The van der Waals surface area contributed by atoms with Gasteiger partial charge in [-0.05, 0) is 99.4 Å². The zero-order valence-corrected chi connectivity index (χ0v) is 19.8. The number of nitrogens with zero attached hydrogens (tertiary/aromatic N) is 2. The molecule has 1 amide bonds. The van der Waals surface area contributed by atoms with E-state index < -0.39 is 0 Å². The molecule has 1 saturated heterocycles. The number of carbonyl (C=O) groups excluding carboxylic acids is 1. The van der Waals surface area contributed by atoms with Gasteiger partial charge in [-0.15, -0.1) is 11.3 Å². The molecule has 2 atom stereocenters. The number of nitrogens with one attached hydrogen (secondary N) is 1. The first-order valence-corrected chi connectivity index (χ1v) is 13.1. The van der Waals surface area contributed by atoms with Gasteiger partial charge in [-0.1, -0.05) is 12.1 Å². The monoisotopic (exact) mass is 451 g/mol. The summed E-state index contributed by atoms with van der Waals surface area (Å²) in [6.45, 7) is 3.24. The van der Waals surface area contributed by atoms with E-state index in [0.29, 0.717) is 11.8 Å². The van der Waals surface area contributed by atoms with E-state index in [-0.39, 0.29) is 16.7 Å². The smallest absolute Gasteiger partial charge is 0.232 e. The highest BCUT2D eigenvalue weighted by atomic mass is 32.1. The third-order valence-electron chi connectivity index (χ3n) is 8.60. The zero-order valence-electron chi connectivity index (χ0n) is 18.9. The molecule has 5 nitrogen and oxygen atoms in total. The van der Waals surface area contributed by atoms with Gasteiger partial charge >= 0.3 is 0 Å². The minimum Gasteiger partial charge on any atom is -0.497 e. The van der Waals surface area contributed by atoms with Gasteiger partial charge in [-0.25, -0.2) is 4.98 Å². The Morgan fingerprint density at radius 2 is 1.88 bits per heavy atom. The average molecular weight is 452 g/mol. The molecular weight excluding hydrogens is 418 g/mol. The van der Waals surface area contributed by atoms with Crippen LogP contribution in [0, 0.1) is 17.3 Å². The Balaban J connectivity index is 1.21. The highest BCUT2D eigenvalue weighted by molar-refractivity contribution is 7.13. The summed E-state index contributed by atoms with van der Waals surface area (Å²) >= 11 is 1.58. The van der Waals surface area contributed by atoms with E-state index in [1.165, 1.54) is 50.8 Å². The van der Waals surface area contributed by atoms with E-state index in [2.05, 4.69) is 39.9 Å². The Kier molecular flexibility index (Phi) is 5.06. The second-order valence-corrected chi connectivity index (χ2v) is 11.7. The maximum Gasteiger partial charge on any atom is 0.232 e. The molecule has 1 aromatic heterocycles. The van der Waals surface area contributed by atoms with E-state index >= 15 is 0 Å². The van der Waals surface area contributed by atoms with Crippen molar-refractivity contribution >= 4 is 22.4 Å². The number of hydrogen-bond acceptors (Lipinski definition) is 5. The lowest BCUT2D eigenvalue weighted by molar-refractivity contribution is -0.143. The number of aromatic nitrogens is 1. The third-order valence-corrected chi connectivity index (χ3v) is 9.41. The molecule has 0 spiro atoms. The molecule has 1 aliphatic heterocycles. The summed E-state index contributed by atoms with van der Waals surface area (Å²) in [6.07, 6.45) is 9.37. The van der Waals surface area contributed by atoms with Crippen LogP contribution in [0.25, 0.3) is 0 Å². The Morgan fingerprint density at radius 1 is 1.16 bits per heavy atom. The fourth-order valence-electron chi connectivity index (χ4n) is 7.65. The van der Waals surface area contributed by atoms with E-state index in [1.807, 2.05) is 0 Å². The molecular formula is C26H33N3O2S.